The molecule has 1 unspecified atom stereocenters. The van der Waals surface area contributed by atoms with Gasteiger partial charge in [0.05, 0.1) is 7.11 Å². The molecule has 0 spiro atoms. The summed E-state index contributed by atoms with van der Waals surface area (Å²) in [6, 6.07) is 5.79. The highest BCUT2D eigenvalue weighted by atomic mass is 16.5. The van der Waals surface area contributed by atoms with Gasteiger partial charge < -0.3 is 14.6 Å². The van der Waals surface area contributed by atoms with E-state index in [0.29, 0.717) is 6.42 Å². The zero-order chi connectivity index (χ0) is 9.97. The van der Waals surface area contributed by atoms with E-state index >= 15 is 0 Å². The van der Waals surface area contributed by atoms with E-state index in [1.807, 2.05) is 18.2 Å². The molecule has 1 aliphatic rings. The Hall–Kier alpha value is -1.22. The van der Waals surface area contributed by atoms with Crippen LogP contribution in [0.3, 0.4) is 0 Å². The van der Waals surface area contributed by atoms with E-state index in [4.69, 9.17) is 14.6 Å². The molecule has 3 heteroatoms. The molecule has 2 rings (SSSR count). The monoisotopic (exact) mass is 194 g/mol. The summed E-state index contributed by atoms with van der Waals surface area (Å²) >= 11 is 0. The van der Waals surface area contributed by atoms with Crippen LogP contribution in [0.15, 0.2) is 18.2 Å². The van der Waals surface area contributed by atoms with E-state index in [1.165, 1.54) is 0 Å². The summed E-state index contributed by atoms with van der Waals surface area (Å²) in [5, 5.41) is 8.82. The molecular formula is C11H14O3. The summed E-state index contributed by atoms with van der Waals surface area (Å²) in [5.74, 6) is 1.77. The van der Waals surface area contributed by atoms with Crippen LogP contribution in [0, 0.1) is 0 Å². The average molecular weight is 194 g/mol. The minimum atomic E-state index is 0.103. The Bertz CT molecular complexity index is 322. The number of aliphatic hydroxyl groups is 1. The Morgan fingerprint density at radius 1 is 1.57 bits per heavy atom. The number of hydrogen-bond donors (Lipinski definition) is 1. The molecule has 0 bridgehead atoms. The highest BCUT2D eigenvalue weighted by molar-refractivity contribution is 5.47. The maximum absolute atomic E-state index is 8.82. The van der Waals surface area contributed by atoms with E-state index in [0.717, 1.165) is 23.5 Å². The van der Waals surface area contributed by atoms with Gasteiger partial charge in [0.15, 0.2) is 0 Å². The van der Waals surface area contributed by atoms with Crippen LogP contribution in [0.5, 0.6) is 11.5 Å². The van der Waals surface area contributed by atoms with Crippen molar-refractivity contribution in [1.82, 2.24) is 0 Å². The second kappa shape index (κ2) is 3.88. The van der Waals surface area contributed by atoms with Crippen LogP contribution in [-0.4, -0.2) is 24.9 Å². The molecule has 0 fully saturated rings. The second-order valence-electron chi connectivity index (χ2n) is 3.39. The van der Waals surface area contributed by atoms with E-state index in [-0.39, 0.29) is 12.7 Å². The fourth-order valence-corrected chi connectivity index (χ4v) is 1.80. The third kappa shape index (κ3) is 1.55. The lowest BCUT2D eigenvalue weighted by molar-refractivity contribution is 0.175. The van der Waals surface area contributed by atoms with Gasteiger partial charge in [-0.15, -0.1) is 0 Å². The Morgan fingerprint density at radius 3 is 3.14 bits per heavy atom. The topological polar surface area (TPSA) is 38.7 Å². The van der Waals surface area contributed by atoms with Crippen molar-refractivity contribution in [2.75, 3.05) is 13.7 Å². The van der Waals surface area contributed by atoms with Crippen molar-refractivity contribution >= 4 is 0 Å². The van der Waals surface area contributed by atoms with Crippen LogP contribution in [0.25, 0.3) is 0 Å². The minimum absolute atomic E-state index is 0.103. The molecule has 0 aromatic heterocycles. The quantitative estimate of drug-likeness (QED) is 0.790. The fourth-order valence-electron chi connectivity index (χ4n) is 1.80. The van der Waals surface area contributed by atoms with E-state index in [9.17, 15) is 0 Å². The van der Waals surface area contributed by atoms with E-state index in [1.54, 1.807) is 7.11 Å². The summed E-state index contributed by atoms with van der Waals surface area (Å²) in [4.78, 5) is 0. The summed E-state index contributed by atoms with van der Waals surface area (Å²) in [7, 11) is 1.66. The van der Waals surface area contributed by atoms with Gasteiger partial charge in [0.1, 0.15) is 17.6 Å². The van der Waals surface area contributed by atoms with Gasteiger partial charge in [-0.3, -0.25) is 0 Å². The molecule has 1 aromatic rings. The van der Waals surface area contributed by atoms with E-state index in [2.05, 4.69) is 0 Å². The maximum Gasteiger partial charge on any atom is 0.126 e. The van der Waals surface area contributed by atoms with Crippen LogP contribution in [0.1, 0.15) is 12.0 Å². The first kappa shape index (κ1) is 9.34. The number of aliphatic hydroxyl groups excluding tert-OH is 1. The molecule has 1 N–H and O–H groups in total. The molecule has 0 saturated carbocycles. The largest absolute Gasteiger partial charge is 0.496 e. The van der Waals surface area contributed by atoms with Crippen molar-refractivity contribution in [3.8, 4) is 11.5 Å². The highest BCUT2D eigenvalue weighted by Gasteiger charge is 2.24. The van der Waals surface area contributed by atoms with Crippen molar-refractivity contribution in [2.24, 2.45) is 0 Å². The summed E-state index contributed by atoms with van der Waals surface area (Å²) < 4.78 is 10.9. The van der Waals surface area contributed by atoms with Gasteiger partial charge in [-0.1, -0.05) is 6.07 Å². The van der Waals surface area contributed by atoms with Gasteiger partial charge in [-0.25, -0.2) is 0 Å². The molecule has 0 radical (unpaired) electrons. The first-order valence-electron chi connectivity index (χ1n) is 4.78. The molecule has 0 saturated heterocycles. The van der Waals surface area contributed by atoms with Gasteiger partial charge in [0.2, 0.25) is 0 Å². The molecule has 3 nitrogen and oxygen atoms in total. The SMILES string of the molecule is COc1cccc2c1CC(CCO)O2. The highest BCUT2D eigenvalue weighted by Crippen LogP contribution is 2.36. The zero-order valence-electron chi connectivity index (χ0n) is 8.19. The minimum Gasteiger partial charge on any atom is -0.496 e. The third-order valence-corrected chi connectivity index (χ3v) is 2.49. The second-order valence-corrected chi connectivity index (χ2v) is 3.39. The molecular weight excluding hydrogens is 180 g/mol. The molecule has 76 valence electrons. The first-order valence-corrected chi connectivity index (χ1v) is 4.78. The van der Waals surface area contributed by atoms with Crippen molar-refractivity contribution in [2.45, 2.75) is 18.9 Å². The number of benzene rings is 1. The Morgan fingerprint density at radius 2 is 2.43 bits per heavy atom. The predicted octanol–water partition coefficient (Wildman–Crippen LogP) is 1.38. The molecule has 1 aliphatic heterocycles. The summed E-state index contributed by atoms with van der Waals surface area (Å²) in [5.41, 5.74) is 1.12. The van der Waals surface area contributed by atoms with Gasteiger partial charge in [-0.05, 0) is 12.1 Å². The summed E-state index contributed by atoms with van der Waals surface area (Å²) in [6.45, 7) is 0.168. The number of hydrogen-bond acceptors (Lipinski definition) is 3. The number of ether oxygens (including phenoxy) is 2. The van der Waals surface area contributed by atoms with Crippen molar-refractivity contribution in [3.05, 3.63) is 23.8 Å². The molecule has 1 heterocycles. The Kier molecular flexibility index (Phi) is 2.59. The van der Waals surface area contributed by atoms with Gasteiger partial charge in [0, 0.05) is 25.0 Å². The maximum atomic E-state index is 8.82. The van der Waals surface area contributed by atoms with Crippen LogP contribution < -0.4 is 9.47 Å². The number of rotatable bonds is 3. The van der Waals surface area contributed by atoms with Crippen molar-refractivity contribution in [1.29, 1.82) is 0 Å². The molecule has 1 aromatic carbocycles. The smallest absolute Gasteiger partial charge is 0.126 e. The van der Waals surface area contributed by atoms with Gasteiger partial charge in [-0.2, -0.15) is 0 Å². The standard InChI is InChI=1S/C11H14O3/c1-13-10-3-2-4-11-9(10)7-8(14-11)5-6-12/h2-4,8,12H,5-7H2,1H3. The molecule has 1 atom stereocenters. The van der Waals surface area contributed by atoms with Crippen LogP contribution >= 0.6 is 0 Å². The predicted molar refractivity (Wildman–Crippen MR) is 52.8 cm³/mol. The average Bonchev–Trinajstić information content (AvgIpc) is 2.60. The Balaban J connectivity index is 2.21. The van der Waals surface area contributed by atoms with Gasteiger partial charge >= 0.3 is 0 Å². The van der Waals surface area contributed by atoms with Crippen LogP contribution in [-0.2, 0) is 6.42 Å². The molecule has 0 aliphatic carbocycles. The fraction of sp³-hybridized carbons (Fsp3) is 0.455. The first-order chi connectivity index (χ1) is 6.85. The normalized spacial score (nSPS) is 18.9. The number of fused-ring (bicyclic) bond motifs is 1. The summed E-state index contributed by atoms with van der Waals surface area (Å²) in [6.07, 6.45) is 1.61. The zero-order valence-corrected chi connectivity index (χ0v) is 8.19. The molecule has 14 heavy (non-hydrogen) atoms. The van der Waals surface area contributed by atoms with E-state index < -0.39 is 0 Å². The lowest BCUT2D eigenvalue weighted by Gasteiger charge is -2.07. The van der Waals surface area contributed by atoms with Crippen molar-refractivity contribution in [3.63, 3.8) is 0 Å². The Labute approximate surface area is 83.3 Å². The third-order valence-electron chi connectivity index (χ3n) is 2.49. The number of methoxy groups -OCH3 is 1. The van der Waals surface area contributed by atoms with Crippen LogP contribution in [0.2, 0.25) is 0 Å². The lowest BCUT2D eigenvalue weighted by Crippen LogP contribution is -2.14. The lowest BCUT2D eigenvalue weighted by atomic mass is 10.1. The van der Waals surface area contributed by atoms with Crippen LogP contribution in [0.4, 0.5) is 0 Å². The van der Waals surface area contributed by atoms with Gasteiger partial charge in [0.25, 0.3) is 0 Å². The van der Waals surface area contributed by atoms with Crippen molar-refractivity contribution < 1.29 is 14.6 Å². The molecule has 0 amide bonds.